The third-order valence-corrected chi connectivity index (χ3v) is 2.66. The van der Waals surface area contributed by atoms with Crippen molar-refractivity contribution in [3.8, 4) is 0 Å². The van der Waals surface area contributed by atoms with E-state index in [2.05, 4.69) is 41.2 Å². The van der Waals surface area contributed by atoms with E-state index in [0.29, 0.717) is 24.5 Å². The summed E-state index contributed by atoms with van der Waals surface area (Å²) in [6, 6.07) is 1.02. The van der Waals surface area contributed by atoms with E-state index < -0.39 is 0 Å². The lowest BCUT2D eigenvalue weighted by Crippen LogP contribution is -2.32. The first-order valence-corrected chi connectivity index (χ1v) is 6.42. The van der Waals surface area contributed by atoms with Crippen LogP contribution in [0.1, 0.15) is 45.9 Å². The smallest absolute Gasteiger partial charge is 0.318 e. The lowest BCUT2D eigenvalue weighted by molar-refractivity contribution is 0.456. The molecule has 98 valence electrons. The average molecular weight is 240 g/mol. The number of hydrogen-bond acceptors (Lipinski definition) is 5. The molecular weight excluding hydrogens is 216 g/mol. The van der Waals surface area contributed by atoms with Crippen LogP contribution >= 0.6 is 0 Å². The van der Waals surface area contributed by atoms with Gasteiger partial charge in [-0.15, -0.1) is 5.10 Å². The van der Waals surface area contributed by atoms with E-state index in [1.54, 1.807) is 0 Å². The normalized spacial score (nSPS) is 11.1. The minimum atomic E-state index is 0.384. The van der Waals surface area contributed by atoms with Crippen molar-refractivity contribution < 1.29 is 4.42 Å². The second kappa shape index (κ2) is 7.27. The van der Waals surface area contributed by atoms with E-state index >= 15 is 0 Å². The molecular formula is C12H24N4O. The van der Waals surface area contributed by atoms with E-state index in [0.717, 1.165) is 6.54 Å². The molecule has 0 aromatic carbocycles. The summed E-state index contributed by atoms with van der Waals surface area (Å²) in [5.74, 6) is 0.642. The Morgan fingerprint density at radius 1 is 1.29 bits per heavy atom. The number of hydrogen-bond donors (Lipinski definition) is 1. The highest BCUT2D eigenvalue weighted by atomic mass is 16.4. The molecule has 0 amide bonds. The second-order valence-electron chi connectivity index (χ2n) is 4.50. The van der Waals surface area contributed by atoms with Gasteiger partial charge in [0, 0.05) is 12.6 Å². The van der Waals surface area contributed by atoms with E-state index in [9.17, 15) is 0 Å². The maximum absolute atomic E-state index is 5.62. The molecule has 0 aliphatic carbocycles. The van der Waals surface area contributed by atoms with Gasteiger partial charge < -0.3 is 14.6 Å². The molecule has 0 saturated carbocycles. The molecule has 1 N–H and O–H groups in total. The lowest BCUT2D eigenvalue weighted by Gasteiger charge is -2.24. The van der Waals surface area contributed by atoms with Gasteiger partial charge in [0.2, 0.25) is 5.89 Å². The molecule has 0 saturated heterocycles. The van der Waals surface area contributed by atoms with Gasteiger partial charge in [-0.1, -0.05) is 24.9 Å². The third-order valence-electron chi connectivity index (χ3n) is 2.66. The van der Waals surface area contributed by atoms with Crippen molar-refractivity contribution in [2.45, 2.75) is 52.6 Å². The van der Waals surface area contributed by atoms with Crippen molar-refractivity contribution in [3.63, 3.8) is 0 Å². The van der Waals surface area contributed by atoms with Crippen LogP contribution in [0.3, 0.4) is 0 Å². The summed E-state index contributed by atoms with van der Waals surface area (Å²) in [6.07, 6.45) is 3.62. The zero-order valence-electron chi connectivity index (χ0n) is 11.4. The number of nitrogens with one attached hydrogen (secondary N) is 1. The molecule has 17 heavy (non-hydrogen) atoms. The van der Waals surface area contributed by atoms with Gasteiger partial charge in [0.25, 0.3) is 0 Å². The summed E-state index contributed by atoms with van der Waals surface area (Å²) in [5.41, 5.74) is 0. The van der Waals surface area contributed by atoms with Gasteiger partial charge in [-0.05, 0) is 27.3 Å². The predicted molar refractivity (Wildman–Crippen MR) is 69.1 cm³/mol. The molecule has 0 radical (unpaired) electrons. The Morgan fingerprint density at radius 2 is 2.06 bits per heavy atom. The molecule has 1 aromatic heterocycles. The highest BCUT2D eigenvalue weighted by Gasteiger charge is 2.16. The van der Waals surface area contributed by atoms with Crippen LogP contribution in [0.25, 0.3) is 0 Å². The van der Waals surface area contributed by atoms with Gasteiger partial charge >= 0.3 is 6.01 Å². The van der Waals surface area contributed by atoms with Gasteiger partial charge in [0.1, 0.15) is 0 Å². The molecule has 0 spiro atoms. The standard InChI is InChI=1S/C12H24N4O/c1-5-6-7-8-16(10(2)3)12-15-14-11(17-12)9-13-4/h10,13H,5-9H2,1-4H3. The topological polar surface area (TPSA) is 54.2 Å². The maximum atomic E-state index is 5.62. The van der Waals surface area contributed by atoms with Crippen LogP contribution in [0.2, 0.25) is 0 Å². The highest BCUT2D eigenvalue weighted by Crippen LogP contribution is 2.16. The molecule has 0 atom stereocenters. The number of nitrogens with zero attached hydrogens (tertiary/aromatic N) is 3. The predicted octanol–water partition coefficient (Wildman–Crippen LogP) is 2.19. The fourth-order valence-corrected chi connectivity index (χ4v) is 1.69. The van der Waals surface area contributed by atoms with Crippen LogP contribution < -0.4 is 10.2 Å². The molecule has 0 bridgehead atoms. The molecule has 5 nitrogen and oxygen atoms in total. The fraction of sp³-hybridized carbons (Fsp3) is 0.833. The van der Waals surface area contributed by atoms with Crippen LogP contribution in [0.5, 0.6) is 0 Å². The minimum Gasteiger partial charge on any atom is -0.407 e. The Labute approximate surface area is 104 Å². The summed E-state index contributed by atoms with van der Waals surface area (Å²) in [7, 11) is 1.87. The van der Waals surface area contributed by atoms with Crippen molar-refractivity contribution in [2.24, 2.45) is 0 Å². The minimum absolute atomic E-state index is 0.384. The van der Waals surface area contributed by atoms with Crippen molar-refractivity contribution in [2.75, 3.05) is 18.5 Å². The Balaban J connectivity index is 2.61. The Kier molecular flexibility index (Phi) is 5.97. The van der Waals surface area contributed by atoms with E-state index in [1.165, 1.54) is 19.3 Å². The Morgan fingerprint density at radius 3 is 2.65 bits per heavy atom. The van der Waals surface area contributed by atoms with Crippen molar-refractivity contribution in [1.82, 2.24) is 15.5 Å². The van der Waals surface area contributed by atoms with Gasteiger partial charge in [-0.2, -0.15) is 0 Å². The average Bonchev–Trinajstić information content (AvgIpc) is 2.73. The number of anilines is 1. The maximum Gasteiger partial charge on any atom is 0.318 e. The zero-order valence-corrected chi connectivity index (χ0v) is 11.4. The summed E-state index contributed by atoms with van der Waals surface area (Å²) < 4.78 is 5.62. The van der Waals surface area contributed by atoms with Crippen molar-refractivity contribution in [3.05, 3.63) is 5.89 Å². The van der Waals surface area contributed by atoms with Crippen LogP contribution in [0, 0.1) is 0 Å². The Hall–Kier alpha value is -1.10. The monoisotopic (exact) mass is 240 g/mol. The molecule has 0 unspecified atom stereocenters. The molecule has 1 rings (SSSR count). The number of unbranched alkanes of at least 4 members (excludes halogenated alkanes) is 2. The first kappa shape index (κ1) is 14.0. The number of aromatic nitrogens is 2. The Bertz CT molecular complexity index is 311. The first-order chi connectivity index (χ1) is 8.19. The second-order valence-corrected chi connectivity index (χ2v) is 4.50. The van der Waals surface area contributed by atoms with E-state index in [1.807, 2.05) is 7.05 Å². The van der Waals surface area contributed by atoms with E-state index in [4.69, 9.17) is 4.42 Å². The van der Waals surface area contributed by atoms with Gasteiger partial charge in [0.05, 0.1) is 6.54 Å². The SMILES string of the molecule is CCCCCN(c1nnc(CNC)o1)C(C)C. The van der Waals surface area contributed by atoms with Crippen molar-refractivity contribution >= 4 is 6.01 Å². The quantitative estimate of drug-likeness (QED) is 0.706. The fourth-order valence-electron chi connectivity index (χ4n) is 1.69. The molecule has 0 fully saturated rings. The van der Waals surface area contributed by atoms with Crippen LogP contribution in [0.15, 0.2) is 4.42 Å². The zero-order chi connectivity index (χ0) is 12.7. The van der Waals surface area contributed by atoms with Gasteiger partial charge in [-0.3, -0.25) is 0 Å². The van der Waals surface area contributed by atoms with Crippen LogP contribution in [-0.2, 0) is 6.54 Å². The van der Waals surface area contributed by atoms with Gasteiger partial charge in [0.15, 0.2) is 0 Å². The summed E-state index contributed by atoms with van der Waals surface area (Å²) in [4.78, 5) is 2.17. The van der Waals surface area contributed by atoms with Gasteiger partial charge in [-0.25, -0.2) is 0 Å². The largest absolute Gasteiger partial charge is 0.407 e. The van der Waals surface area contributed by atoms with Crippen LogP contribution in [0.4, 0.5) is 6.01 Å². The molecule has 5 heteroatoms. The summed E-state index contributed by atoms with van der Waals surface area (Å²) in [6.45, 7) is 8.10. The van der Waals surface area contributed by atoms with Crippen LogP contribution in [-0.4, -0.2) is 29.8 Å². The summed E-state index contributed by atoms with van der Waals surface area (Å²) in [5, 5.41) is 11.1. The third kappa shape index (κ3) is 4.34. The first-order valence-electron chi connectivity index (χ1n) is 6.42. The highest BCUT2D eigenvalue weighted by molar-refractivity contribution is 5.25. The molecule has 1 aromatic rings. The summed E-state index contributed by atoms with van der Waals surface area (Å²) >= 11 is 0. The lowest BCUT2D eigenvalue weighted by atomic mass is 10.2. The van der Waals surface area contributed by atoms with E-state index in [-0.39, 0.29) is 0 Å². The molecule has 1 heterocycles. The number of rotatable bonds is 8. The van der Waals surface area contributed by atoms with Crippen molar-refractivity contribution in [1.29, 1.82) is 0 Å². The molecule has 0 aliphatic rings. The molecule has 0 aliphatic heterocycles.